The summed E-state index contributed by atoms with van der Waals surface area (Å²) < 4.78 is 11.3. The van der Waals surface area contributed by atoms with Gasteiger partial charge in [0.05, 0.1) is 31.8 Å². The standard InChI is InChI=1S/C15H27N3O4/c1-17-5-7-22-13(9-17)10-18(11-14(16)19)15(20)8-12-4-2-3-6-21-12/h12-13H,2-11H2,1H3,(H2,16,19)/t12-,13-/m0/s1. The summed E-state index contributed by atoms with van der Waals surface area (Å²) in [5, 5.41) is 0. The summed E-state index contributed by atoms with van der Waals surface area (Å²) in [7, 11) is 2.02. The molecule has 0 unspecified atom stereocenters. The van der Waals surface area contributed by atoms with E-state index in [1.807, 2.05) is 7.05 Å². The third kappa shape index (κ3) is 5.55. The molecule has 0 bridgehead atoms. The van der Waals surface area contributed by atoms with Crippen LogP contribution in [0.4, 0.5) is 0 Å². The molecule has 7 nitrogen and oxygen atoms in total. The Kier molecular flexibility index (Phi) is 6.60. The molecule has 126 valence electrons. The van der Waals surface area contributed by atoms with Crippen molar-refractivity contribution >= 4 is 11.8 Å². The van der Waals surface area contributed by atoms with Crippen LogP contribution in [-0.4, -0.2) is 80.3 Å². The monoisotopic (exact) mass is 313 g/mol. The van der Waals surface area contributed by atoms with Crippen LogP contribution in [0.15, 0.2) is 0 Å². The van der Waals surface area contributed by atoms with Crippen molar-refractivity contribution in [3.8, 4) is 0 Å². The molecule has 0 aliphatic carbocycles. The van der Waals surface area contributed by atoms with Gasteiger partial charge in [-0.25, -0.2) is 0 Å². The molecule has 2 fully saturated rings. The zero-order valence-corrected chi connectivity index (χ0v) is 13.3. The molecular weight excluding hydrogens is 286 g/mol. The Labute approximate surface area is 131 Å². The van der Waals surface area contributed by atoms with Gasteiger partial charge in [-0.3, -0.25) is 9.59 Å². The summed E-state index contributed by atoms with van der Waals surface area (Å²) in [6.07, 6.45) is 3.25. The van der Waals surface area contributed by atoms with Crippen LogP contribution in [0.3, 0.4) is 0 Å². The van der Waals surface area contributed by atoms with E-state index in [9.17, 15) is 9.59 Å². The molecule has 2 amide bonds. The number of amides is 2. The lowest BCUT2D eigenvalue weighted by Gasteiger charge is -2.34. The van der Waals surface area contributed by atoms with Gasteiger partial charge in [-0.15, -0.1) is 0 Å². The fraction of sp³-hybridized carbons (Fsp3) is 0.867. The van der Waals surface area contributed by atoms with Crippen LogP contribution in [-0.2, 0) is 19.1 Å². The number of carbonyl (C=O) groups is 2. The maximum atomic E-state index is 12.5. The number of ether oxygens (including phenoxy) is 2. The summed E-state index contributed by atoms with van der Waals surface area (Å²) in [4.78, 5) is 27.4. The Morgan fingerprint density at radius 3 is 2.64 bits per heavy atom. The number of nitrogens with zero attached hydrogens (tertiary/aromatic N) is 2. The van der Waals surface area contributed by atoms with E-state index in [-0.39, 0.29) is 24.7 Å². The van der Waals surface area contributed by atoms with Crippen LogP contribution in [0, 0.1) is 0 Å². The molecule has 0 saturated carbocycles. The van der Waals surface area contributed by atoms with Gasteiger partial charge < -0.3 is 25.0 Å². The lowest BCUT2D eigenvalue weighted by Crippen LogP contribution is -2.50. The van der Waals surface area contributed by atoms with Gasteiger partial charge in [0, 0.05) is 26.2 Å². The van der Waals surface area contributed by atoms with Gasteiger partial charge in [0.15, 0.2) is 0 Å². The number of carbonyl (C=O) groups excluding carboxylic acids is 2. The van der Waals surface area contributed by atoms with E-state index in [2.05, 4.69) is 4.90 Å². The number of primary amides is 1. The summed E-state index contributed by atoms with van der Waals surface area (Å²) in [5.41, 5.74) is 5.28. The molecule has 2 rings (SSSR count). The molecule has 2 heterocycles. The second-order valence-corrected chi connectivity index (χ2v) is 6.19. The Morgan fingerprint density at radius 2 is 2.00 bits per heavy atom. The van der Waals surface area contributed by atoms with Gasteiger partial charge in [0.1, 0.15) is 0 Å². The Bertz CT molecular complexity index is 385. The molecule has 7 heteroatoms. The van der Waals surface area contributed by atoms with Gasteiger partial charge in [-0.2, -0.15) is 0 Å². The van der Waals surface area contributed by atoms with Gasteiger partial charge in [0.2, 0.25) is 11.8 Å². The van der Waals surface area contributed by atoms with E-state index in [0.29, 0.717) is 26.2 Å². The zero-order chi connectivity index (χ0) is 15.9. The fourth-order valence-corrected chi connectivity index (χ4v) is 2.96. The molecule has 0 aromatic heterocycles. The maximum Gasteiger partial charge on any atom is 0.237 e. The maximum absolute atomic E-state index is 12.5. The van der Waals surface area contributed by atoms with E-state index in [0.717, 1.165) is 32.4 Å². The highest BCUT2D eigenvalue weighted by Crippen LogP contribution is 2.17. The first-order valence-electron chi connectivity index (χ1n) is 8.02. The number of rotatable bonds is 6. The summed E-state index contributed by atoms with van der Waals surface area (Å²) in [6, 6.07) is 0. The first kappa shape index (κ1) is 17.2. The molecule has 0 spiro atoms. The SMILES string of the molecule is CN1CCO[C@H](CN(CC(N)=O)C(=O)C[C@@H]2CCCCO2)C1. The number of morpholine rings is 1. The predicted octanol–water partition coefficient (Wildman–Crippen LogP) is -0.410. The minimum absolute atomic E-state index is 0.0356. The molecule has 2 saturated heterocycles. The molecule has 0 aromatic carbocycles. The second kappa shape index (κ2) is 8.45. The zero-order valence-electron chi connectivity index (χ0n) is 13.3. The highest BCUT2D eigenvalue weighted by molar-refractivity contribution is 5.84. The van der Waals surface area contributed by atoms with Crippen molar-refractivity contribution < 1.29 is 19.1 Å². The Morgan fingerprint density at radius 1 is 1.23 bits per heavy atom. The van der Waals surface area contributed by atoms with E-state index in [4.69, 9.17) is 15.2 Å². The first-order chi connectivity index (χ1) is 10.5. The molecule has 2 atom stereocenters. The number of hydrogen-bond acceptors (Lipinski definition) is 5. The number of nitrogens with two attached hydrogens (primary N) is 1. The van der Waals surface area contributed by atoms with Gasteiger partial charge >= 0.3 is 0 Å². The summed E-state index contributed by atoms with van der Waals surface area (Å²) in [5.74, 6) is -0.579. The van der Waals surface area contributed by atoms with Gasteiger partial charge in [-0.1, -0.05) is 0 Å². The highest BCUT2D eigenvalue weighted by atomic mass is 16.5. The molecule has 2 aliphatic rings. The molecule has 2 aliphatic heterocycles. The van der Waals surface area contributed by atoms with Crippen molar-refractivity contribution in [2.24, 2.45) is 5.73 Å². The van der Waals surface area contributed by atoms with Crippen LogP contribution in [0.2, 0.25) is 0 Å². The minimum atomic E-state index is -0.498. The largest absolute Gasteiger partial charge is 0.378 e. The van der Waals surface area contributed by atoms with Crippen LogP contribution >= 0.6 is 0 Å². The van der Waals surface area contributed by atoms with Crippen molar-refractivity contribution in [2.45, 2.75) is 37.9 Å². The molecular formula is C15H27N3O4. The van der Waals surface area contributed by atoms with Crippen molar-refractivity contribution in [2.75, 3.05) is 46.4 Å². The lowest BCUT2D eigenvalue weighted by molar-refractivity contribution is -0.141. The topological polar surface area (TPSA) is 85.1 Å². The average molecular weight is 313 g/mol. The van der Waals surface area contributed by atoms with E-state index in [1.54, 1.807) is 0 Å². The lowest BCUT2D eigenvalue weighted by atomic mass is 10.1. The Balaban J connectivity index is 1.89. The Hall–Kier alpha value is -1.18. The van der Waals surface area contributed by atoms with E-state index < -0.39 is 5.91 Å². The average Bonchev–Trinajstić information content (AvgIpc) is 2.47. The third-order valence-electron chi connectivity index (χ3n) is 4.14. The quantitative estimate of drug-likeness (QED) is 0.720. The van der Waals surface area contributed by atoms with E-state index in [1.165, 1.54) is 4.90 Å². The van der Waals surface area contributed by atoms with Gasteiger partial charge in [-0.05, 0) is 26.3 Å². The molecule has 22 heavy (non-hydrogen) atoms. The normalized spacial score (nSPS) is 26.6. The molecule has 0 radical (unpaired) electrons. The summed E-state index contributed by atoms with van der Waals surface area (Å²) in [6.45, 7) is 3.34. The predicted molar refractivity (Wildman–Crippen MR) is 81.2 cm³/mol. The number of hydrogen-bond donors (Lipinski definition) is 1. The summed E-state index contributed by atoms with van der Waals surface area (Å²) >= 11 is 0. The van der Waals surface area contributed by atoms with E-state index >= 15 is 0 Å². The van der Waals surface area contributed by atoms with Crippen molar-refractivity contribution in [3.05, 3.63) is 0 Å². The van der Waals surface area contributed by atoms with Gasteiger partial charge in [0.25, 0.3) is 0 Å². The van der Waals surface area contributed by atoms with Crippen LogP contribution < -0.4 is 5.73 Å². The van der Waals surface area contributed by atoms with Crippen molar-refractivity contribution in [1.82, 2.24) is 9.80 Å². The second-order valence-electron chi connectivity index (χ2n) is 6.19. The molecule has 0 aromatic rings. The fourth-order valence-electron chi connectivity index (χ4n) is 2.96. The van der Waals surface area contributed by atoms with Crippen LogP contribution in [0.25, 0.3) is 0 Å². The van der Waals surface area contributed by atoms with Crippen molar-refractivity contribution in [3.63, 3.8) is 0 Å². The van der Waals surface area contributed by atoms with Crippen LogP contribution in [0.5, 0.6) is 0 Å². The minimum Gasteiger partial charge on any atom is -0.378 e. The highest BCUT2D eigenvalue weighted by Gasteiger charge is 2.27. The smallest absolute Gasteiger partial charge is 0.237 e. The van der Waals surface area contributed by atoms with Crippen LogP contribution in [0.1, 0.15) is 25.7 Å². The third-order valence-corrected chi connectivity index (χ3v) is 4.14. The number of likely N-dealkylation sites (N-methyl/N-ethyl adjacent to an activating group) is 1. The first-order valence-corrected chi connectivity index (χ1v) is 8.02. The van der Waals surface area contributed by atoms with Crippen molar-refractivity contribution in [1.29, 1.82) is 0 Å². The molecule has 2 N–H and O–H groups in total.